The first-order chi connectivity index (χ1) is 18.5. The molecule has 1 aromatic heterocycles. The zero-order valence-corrected chi connectivity index (χ0v) is 22.0. The molecule has 1 aliphatic rings. The normalized spacial score (nSPS) is 17.4. The molecule has 0 spiro atoms. The van der Waals surface area contributed by atoms with Crippen molar-refractivity contribution >= 4 is 29.1 Å². The second-order valence-corrected chi connectivity index (χ2v) is 10.2. The highest BCUT2D eigenvalue weighted by atomic mass is 35.5. The molecule has 2 atom stereocenters. The number of amides is 2. The number of likely N-dealkylation sites (N-methyl/N-ethyl adjacent to an activating group) is 1. The average molecular weight is 528 g/mol. The van der Waals surface area contributed by atoms with Crippen molar-refractivity contribution in [1.82, 2.24) is 9.80 Å². The Morgan fingerprint density at radius 3 is 2.50 bits per heavy atom. The van der Waals surface area contributed by atoms with Gasteiger partial charge < -0.3 is 14.6 Å². The van der Waals surface area contributed by atoms with Crippen LogP contribution in [-0.4, -0.2) is 47.8 Å². The molecule has 2 unspecified atom stereocenters. The Labute approximate surface area is 227 Å². The largest absolute Gasteiger partial charge is 0.464 e. The second kappa shape index (κ2) is 11.7. The number of likely N-dealkylation sites (tertiary alicyclic amines) is 1. The van der Waals surface area contributed by atoms with E-state index in [1.165, 1.54) is 5.56 Å². The van der Waals surface area contributed by atoms with Crippen molar-refractivity contribution in [1.29, 1.82) is 0 Å². The summed E-state index contributed by atoms with van der Waals surface area (Å²) in [7, 11) is 2.05. The van der Waals surface area contributed by atoms with Crippen molar-refractivity contribution in [2.45, 2.75) is 19.0 Å². The van der Waals surface area contributed by atoms with Gasteiger partial charge in [-0.2, -0.15) is 0 Å². The highest BCUT2D eigenvalue weighted by Gasteiger charge is 2.36. The molecule has 194 valence electrons. The molecular formula is C31H30ClN3O3. The Kier molecular flexibility index (Phi) is 7.91. The predicted molar refractivity (Wildman–Crippen MR) is 150 cm³/mol. The van der Waals surface area contributed by atoms with Gasteiger partial charge in [-0.25, -0.2) is 0 Å². The first kappa shape index (κ1) is 25.8. The van der Waals surface area contributed by atoms with E-state index in [4.69, 9.17) is 16.0 Å². The van der Waals surface area contributed by atoms with Crippen LogP contribution in [0.15, 0.2) is 102 Å². The Balaban J connectivity index is 1.37. The highest BCUT2D eigenvalue weighted by molar-refractivity contribution is 6.30. The topological polar surface area (TPSA) is 65.8 Å². The maximum absolute atomic E-state index is 13.7. The maximum atomic E-state index is 13.7. The van der Waals surface area contributed by atoms with Gasteiger partial charge in [0.25, 0.3) is 5.91 Å². The maximum Gasteiger partial charge on any atom is 0.253 e. The van der Waals surface area contributed by atoms with Crippen LogP contribution in [0.25, 0.3) is 11.3 Å². The number of anilines is 1. The van der Waals surface area contributed by atoms with E-state index in [1.807, 2.05) is 59.5 Å². The van der Waals surface area contributed by atoms with E-state index in [2.05, 4.69) is 29.4 Å². The molecule has 7 heteroatoms. The van der Waals surface area contributed by atoms with Gasteiger partial charge in [-0.15, -0.1) is 0 Å². The summed E-state index contributed by atoms with van der Waals surface area (Å²) in [5.41, 5.74) is 3.28. The fourth-order valence-corrected chi connectivity index (χ4v) is 5.08. The summed E-state index contributed by atoms with van der Waals surface area (Å²) in [6.45, 7) is 1.61. The lowest BCUT2D eigenvalue weighted by atomic mass is 9.91. The summed E-state index contributed by atoms with van der Waals surface area (Å²) < 4.78 is 5.52. The lowest BCUT2D eigenvalue weighted by Crippen LogP contribution is -2.53. The third kappa shape index (κ3) is 6.15. The van der Waals surface area contributed by atoms with Gasteiger partial charge in [0.1, 0.15) is 5.76 Å². The van der Waals surface area contributed by atoms with Crippen LogP contribution in [0.5, 0.6) is 0 Å². The van der Waals surface area contributed by atoms with E-state index in [1.54, 1.807) is 30.5 Å². The van der Waals surface area contributed by atoms with Crippen molar-refractivity contribution in [3.63, 3.8) is 0 Å². The number of rotatable bonds is 7. The summed E-state index contributed by atoms with van der Waals surface area (Å²) in [5.74, 6) is 0.145. The number of nitrogens with one attached hydrogen (secondary N) is 1. The molecule has 1 fully saturated rings. The smallest absolute Gasteiger partial charge is 0.253 e. The summed E-state index contributed by atoms with van der Waals surface area (Å²) in [5, 5.41) is 3.62. The number of furan rings is 1. The molecule has 1 aliphatic heterocycles. The number of halogens is 1. The lowest BCUT2D eigenvalue weighted by Gasteiger charge is -2.41. The van der Waals surface area contributed by atoms with Gasteiger partial charge >= 0.3 is 0 Å². The summed E-state index contributed by atoms with van der Waals surface area (Å²) >= 11 is 6.00. The quantitative estimate of drug-likeness (QED) is 0.311. The van der Waals surface area contributed by atoms with E-state index in [9.17, 15) is 9.59 Å². The van der Waals surface area contributed by atoms with Crippen molar-refractivity contribution in [3.8, 4) is 11.3 Å². The SMILES string of the molecule is CN(Cc1ccccc1)C1CC(C(=O)Nc2ccc(Cl)cc2)CN(C(=O)c2cccc(-c3ccco3)c2)C1. The van der Waals surface area contributed by atoms with Gasteiger partial charge in [0.15, 0.2) is 0 Å². The Bertz CT molecular complexity index is 1370. The Hall–Kier alpha value is -3.87. The Morgan fingerprint density at radius 2 is 1.76 bits per heavy atom. The number of hydrogen-bond donors (Lipinski definition) is 1. The molecule has 3 aromatic carbocycles. The molecular weight excluding hydrogens is 498 g/mol. The average Bonchev–Trinajstić information content (AvgIpc) is 3.49. The van der Waals surface area contributed by atoms with Crippen molar-refractivity contribution in [3.05, 3.63) is 113 Å². The van der Waals surface area contributed by atoms with Crippen LogP contribution < -0.4 is 5.32 Å². The van der Waals surface area contributed by atoms with Crippen LogP contribution in [0.4, 0.5) is 5.69 Å². The highest BCUT2D eigenvalue weighted by Crippen LogP contribution is 2.27. The molecule has 6 nitrogen and oxygen atoms in total. The van der Waals surface area contributed by atoms with Gasteiger partial charge in [0, 0.05) is 47.5 Å². The van der Waals surface area contributed by atoms with E-state index < -0.39 is 0 Å². The van der Waals surface area contributed by atoms with Crippen LogP contribution in [-0.2, 0) is 11.3 Å². The molecule has 0 aliphatic carbocycles. The minimum absolute atomic E-state index is 0.0159. The molecule has 4 aromatic rings. The standard InChI is InChI=1S/C31H30ClN3O3/c1-34(19-22-7-3-2-4-8-22)28-18-25(30(36)33-27-14-12-26(32)13-15-27)20-35(21-28)31(37)24-10-5-9-23(17-24)29-11-6-16-38-29/h2-17,25,28H,18-21H2,1H3,(H,33,36). The molecule has 1 N–H and O–H groups in total. The predicted octanol–water partition coefficient (Wildman–Crippen LogP) is 6.20. The number of benzene rings is 3. The van der Waals surface area contributed by atoms with E-state index in [0.717, 1.165) is 12.1 Å². The molecule has 2 amide bonds. The number of nitrogens with zero attached hydrogens (tertiary/aromatic N) is 2. The molecule has 38 heavy (non-hydrogen) atoms. The minimum Gasteiger partial charge on any atom is -0.464 e. The number of carbonyl (C=O) groups excluding carboxylic acids is 2. The van der Waals surface area contributed by atoms with Crippen LogP contribution in [0.2, 0.25) is 5.02 Å². The van der Waals surface area contributed by atoms with Crippen LogP contribution in [0, 0.1) is 5.92 Å². The van der Waals surface area contributed by atoms with Crippen molar-refractivity contribution in [2.24, 2.45) is 5.92 Å². The van der Waals surface area contributed by atoms with E-state index >= 15 is 0 Å². The first-order valence-corrected chi connectivity index (χ1v) is 13.1. The van der Waals surface area contributed by atoms with Crippen molar-refractivity contribution in [2.75, 3.05) is 25.5 Å². The molecule has 0 radical (unpaired) electrons. The molecule has 2 heterocycles. The monoisotopic (exact) mass is 527 g/mol. The minimum atomic E-state index is -0.361. The third-order valence-corrected chi connectivity index (χ3v) is 7.26. The third-order valence-electron chi connectivity index (χ3n) is 7.01. The summed E-state index contributed by atoms with van der Waals surface area (Å²) in [4.78, 5) is 31.2. The van der Waals surface area contributed by atoms with Gasteiger partial charge in [-0.1, -0.05) is 54.1 Å². The number of piperidine rings is 1. The summed E-state index contributed by atoms with van der Waals surface area (Å²) in [6.07, 6.45) is 2.27. The molecule has 5 rings (SSSR count). The fraction of sp³-hybridized carbons (Fsp3) is 0.226. The molecule has 0 bridgehead atoms. The van der Waals surface area contributed by atoms with Gasteiger partial charge in [0.05, 0.1) is 12.2 Å². The molecule has 0 saturated carbocycles. The van der Waals surface area contributed by atoms with E-state index in [-0.39, 0.29) is 23.8 Å². The Morgan fingerprint density at radius 1 is 0.974 bits per heavy atom. The number of carbonyl (C=O) groups is 2. The summed E-state index contributed by atoms with van der Waals surface area (Å²) in [6, 6.07) is 28.4. The van der Waals surface area contributed by atoms with Crippen molar-refractivity contribution < 1.29 is 14.0 Å². The zero-order chi connectivity index (χ0) is 26.5. The lowest BCUT2D eigenvalue weighted by molar-refractivity contribution is -0.122. The van der Waals surface area contributed by atoms with Gasteiger partial charge in [-0.3, -0.25) is 14.5 Å². The van der Waals surface area contributed by atoms with Gasteiger partial charge in [0.2, 0.25) is 5.91 Å². The second-order valence-electron chi connectivity index (χ2n) is 9.75. The molecule has 1 saturated heterocycles. The van der Waals surface area contributed by atoms with Crippen LogP contribution >= 0.6 is 11.6 Å². The van der Waals surface area contributed by atoms with Gasteiger partial charge in [-0.05, 0) is 67.6 Å². The fourth-order valence-electron chi connectivity index (χ4n) is 4.96. The number of hydrogen-bond acceptors (Lipinski definition) is 4. The first-order valence-electron chi connectivity index (χ1n) is 12.7. The van der Waals surface area contributed by atoms with Crippen LogP contribution in [0.1, 0.15) is 22.3 Å². The zero-order valence-electron chi connectivity index (χ0n) is 21.2. The van der Waals surface area contributed by atoms with E-state index in [0.29, 0.717) is 41.5 Å². The van der Waals surface area contributed by atoms with Crippen LogP contribution in [0.3, 0.4) is 0 Å².